The molecule has 2 aliphatic heterocycles. The van der Waals surface area contributed by atoms with Crippen LogP contribution in [0.25, 0.3) is 6.08 Å². The van der Waals surface area contributed by atoms with E-state index >= 15 is 0 Å². The third kappa shape index (κ3) is 3.68. The lowest BCUT2D eigenvalue weighted by atomic mass is 10.1. The highest BCUT2D eigenvalue weighted by molar-refractivity contribution is 9.10. The van der Waals surface area contributed by atoms with Gasteiger partial charge >= 0.3 is 5.97 Å². The highest BCUT2D eigenvalue weighted by Crippen LogP contribution is 2.36. The molecule has 2 aliphatic rings. The smallest absolute Gasteiger partial charge is 0.340 e. The molecule has 28 heavy (non-hydrogen) atoms. The van der Waals surface area contributed by atoms with Crippen molar-refractivity contribution in [1.82, 2.24) is 0 Å². The molecule has 2 aromatic carbocycles. The summed E-state index contributed by atoms with van der Waals surface area (Å²) in [6.07, 6.45) is 2.59. The second-order valence-corrected chi connectivity index (χ2v) is 7.32. The van der Waals surface area contributed by atoms with Crippen molar-refractivity contribution >= 4 is 33.8 Å². The lowest BCUT2D eigenvalue weighted by Gasteiger charge is -2.09. The number of rotatable bonds is 4. The van der Waals surface area contributed by atoms with Crippen molar-refractivity contribution < 1.29 is 28.5 Å². The zero-order valence-corrected chi connectivity index (χ0v) is 16.7. The van der Waals surface area contributed by atoms with Crippen LogP contribution in [0, 0.1) is 0 Å². The van der Waals surface area contributed by atoms with Gasteiger partial charge in [-0.2, -0.15) is 0 Å². The third-order valence-corrected chi connectivity index (χ3v) is 5.02. The standard InChI is InChI=1S/C21H17BrO6/c1-25-16-7-4-13(22)9-12(16)10-19-20(23)15-6-5-14(11-18(15)28-19)27-21(24)17-3-2-8-26-17/h4-7,9-11,17H,2-3,8H2,1H3/b19-10-. The van der Waals surface area contributed by atoms with Gasteiger partial charge in [0.15, 0.2) is 11.9 Å². The molecule has 144 valence electrons. The third-order valence-electron chi connectivity index (χ3n) is 4.53. The second kappa shape index (κ2) is 7.77. The van der Waals surface area contributed by atoms with E-state index in [1.165, 1.54) is 0 Å². The van der Waals surface area contributed by atoms with Crippen LogP contribution in [-0.2, 0) is 9.53 Å². The van der Waals surface area contributed by atoms with E-state index in [1.807, 2.05) is 12.1 Å². The largest absolute Gasteiger partial charge is 0.496 e. The minimum atomic E-state index is -0.532. The van der Waals surface area contributed by atoms with E-state index in [4.69, 9.17) is 18.9 Å². The van der Waals surface area contributed by atoms with E-state index in [-0.39, 0.29) is 11.5 Å². The molecule has 1 unspecified atom stereocenters. The van der Waals surface area contributed by atoms with Gasteiger partial charge in [-0.25, -0.2) is 4.79 Å². The number of carbonyl (C=O) groups is 2. The first-order chi connectivity index (χ1) is 13.5. The summed E-state index contributed by atoms with van der Waals surface area (Å²) >= 11 is 3.41. The zero-order chi connectivity index (χ0) is 19.7. The maximum Gasteiger partial charge on any atom is 0.340 e. The van der Waals surface area contributed by atoms with Crippen LogP contribution in [0.5, 0.6) is 17.2 Å². The molecule has 0 radical (unpaired) electrons. The molecule has 0 N–H and O–H groups in total. The van der Waals surface area contributed by atoms with Gasteiger partial charge in [0, 0.05) is 22.7 Å². The molecule has 1 saturated heterocycles. The van der Waals surface area contributed by atoms with Crippen molar-refractivity contribution in [1.29, 1.82) is 0 Å². The Bertz CT molecular complexity index is 975. The van der Waals surface area contributed by atoms with E-state index in [9.17, 15) is 9.59 Å². The number of Topliss-reactive ketones (excluding diaryl/α,β-unsaturated/α-hetero) is 1. The van der Waals surface area contributed by atoms with Crippen LogP contribution >= 0.6 is 15.9 Å². The first-order valence-corrected chi connectivity index (χ1v) is 9.59. The number of esters is 1. The van der Waals surface area contributed by atoms with Gasteiger partial charge in [-0.15, -0.1) is 0 Å². The van der Waals surface area contributed by atoms with Gasteiger partial charge in [0.05, 0.1) is 12.7 Å². The van der Waals surface area contributed by atoms with Crippen LogP contribution in [0.15, 0.2) is 46.6 Å². The Morgan fingerprint density at radius 3 is 2.86 bits per heavy atom. The molecule has 6 nitrogen and oxygen atoms in total. The summed E-state index contributed by atoms with van der Waals surface area (Å²) in [4.78, 5) is 24.8. The summed E-state index contributed by atoms with van der Waals surface area (Å²) in [5.41, 5.74) is 1.12. The molecule has 0 spiro atoms. The first-order valence-electron chi connectivity index (χ1n) is 8.80. The number of allylic oxidation sites excluding steroid dienone is 1. The van der Waals surface area contributed by atoms with Crippen molar-refractivity contribution in [2.45, 2.75) is 18.9 Å². The van der Waals surface area contributed by atoms with Crippen molar-refractivity contribution in [3.63, 3.8) is 0 Å². The van der Waals surface area contributed by atoms with Crippen LogP contribution in [0.3, 0.4) is 0 Å². The fraction of sp³-hybridized carbons (Fsp3) is 0.238. The number of benzene rings is 2. The van der Waals surface area contributed by atoms with Gasteiger partial charge in [0.2, 0.25) is 5.78 Å². The summed E-state index contributed by atoms with van der Waals surface area (Å²) in [5.74, 6) is 0.782. The van der Waals surface area contributed by atoms with E-state index in [0.717, 1.165) is 10.9 Å². The normalized spacial score (nSPS) is 19.4. The molecule has 4 rings (SSSR count). The highest BCUT2D eigenvalue weighted by Gasteiger charge is 2.30. The summed E-state index contributed by atoms with van der Waals surface area (Å²) in [6, 6.07) is 10.2. The number of carbonyl (C=O) groups excluding carboxylic acids is 2. The number of ether oxygens (including phenoxy) is 4. The molecule has 0 saturated carbocycles. The zero-order valence-electron chi connectivity index (χ0n) is 15.1. The Labute approximate surface area is 170 Å². The Kier molecular flexibility index (Phi) is 5.19. The molecule has 7 heteroatoms. The lowest BCUT2D eigenvalue weighted by molar-refractivity contribution is -0.144. The average Bonchev–Trinajstić information content (AvgIpc) is 3.31. The van der Waals surface area contributed by atoms with Gasteiger partial charge in [0.25, 0.3) is 0 Å². The molecule has 0 aromatic heterocycles. The van der Waals surface area contributed by atoms with Gasteiger partial charge in [-0.3, -0.25) is 4.79 Å². The Morgan fingerprint density at radius 2 is 2.11 bits per heavy atom. The van der Waals surface area contributed by atoms with Gasteiger partial charge in [-0.1, -0.05) is 15.9 Å². The molecular formula is C21H17BrO6. The number of hydrogen-bond acceptors (Lipinski definition) is 6. The topological polar surface area (TPSA) is 71.1 Å². The van der Waals surface area contributed by atoms with Crippen LogP contribution in [0.4, 0.5) is 0 Å². The summed E-state index contributed by atoms with van der Waals surface area (Å²) < 4.78 is 22.6. The quantitative estimate of drug-likeness (QED) is 0.400. The molecule has 1 atom stereocenters. The fourth-order valence-electron chi connectivity index (χ4n) is 3.14. The minimum absolute atomic E-state index is 0.175. The van der Waals surface area contributed by atoms with E-state index in [0.29, 0.717) is 41.4 Å². The van der Waals surface area contributed by atoms with E-state index in [1.54, 1.807) is 37.5 Å². The SMILES string of the molecule is COc1ccc(Br)cc1/C=C1\Oc2cc(OC(=O)C3CCCO3)ccc2C1=O. The second-order valence-electron chi connectivity index (χ2n) is 6.41. The van der Waals surface area contributed by atoms with Crippen LogP contribution in [-0.4, -0.2) is 31.6 Å². The maximum atomic E-state index is 12.7. The molecule has 0 bridgehead atoms. The fourth-order valence-corrected chi connectivity index (χ4v) is 3.51. The number of halogens is 1. The van der Waals surface area contributed by atoms with Gasteiger partial charge in [-0.05, 0) is 49.2 Å². The number of fused-ring (bicyclic) bond motifs is 1. The van der Waals surface area contributed by atoms with Crippen molar-refractivity contribution in [2.75, 3.05) is 13.7 Å². The van der Waals surface area contributed by atoms with Crippen molar-refractivity contribution in [2.24, 2.45) is 0 Å². The predicted molar refractivity (Wildman–Crippen MR) is 105 cm³/mol. The first kappa shape index (κ1) is 18.7. The maximum absolute atomic E-state index is 12.7. The Morgan fingerprint density at radius 1 is 1.25 bits per heavy atom. The predicted octanol–water partition coefficient (Wildman–Crippen LogP) is 4.16. The minimum Gasteiger partial charge on any atom is -0.496 e. The Hall–Kier alpha value is -2.64. The molecule has 0 amide bonds. The molecule has 2 aromatic rings. The number of methoxy groups -OCH3 is 1. The van der Waals surface area contributed by atoms with Crippen molar-refractivity contribution in [3.8, 4) is 17.2 Å². The Balaban J connectivity index is 1.57. The average molecular weight is 445 g/mol. The molecule has 1 fully saturated rings. The van der Waals surface area contributed by atoms with E-state index in [2.05, 4.69) is 15.9 Å². The monoisotopic (exact) mass is 444 g/mol. The molecular weight excluding hydrogens is 428 g/mol. The number of hydrogen-bond donors (Lipinski definition) is 0. The van der Waals surface area contributed by atoms with Crippen LogP contribution in [0.1, 0.15) is 28.8 Å². The summed E-state index contributed by atoms with van der Waals surface area (Å²) in [7, 11) is 1.56. The van der Waals surface area contributed by atoms with Crippen molar-refractivity contribution in [3.05, 3.63) is 57.8 Å². The van der Waals surface area contributed by atoms with E-state index < -0.39 is 12.1 Å². The molecule has 2 heterocycles. The van der Waals surface area contributed by atoms with Crippen LogP contribution < -0.4 is 14.2 Å². The van der Waals surface area contributed by atoms with Crippen LogP contribution in [0.2, 0.25) is 0 Å². The van der Waals surface area contributed by atoms with Gasteiger partial charge < -0.3 is 18.9 Å². The summed E-state index contributed by atoms with van der Waals surface area (Å²) in [5, 5.41) is 0. The number of ketones is 1. The molecule has 0 aliphatic carbocycles. The van der Waals surface area contributed by atoms with Gasteiger partial charge in [0.1, 0.15) is 17.2 Å². The highest BCUT2D eigenvalue weighted by atomic mass is 79.9. The summed E-state index contributed by atoms with van der Waals surface area (Å²) in [6.45, 7) is 0.564. The lowest BCUT2D eigenvalue weighted by Crippen LogP contribution is -2.24.